The number of aromatic hydroxyl groups is 1. The van der Waals surface area contributed by atoms with Crippen LogP contribution in [-0.4, -0.2) is 33.8 Å². The van der Waals surface area contributed by atoms with Crippen LogP contribution in [-0.2, 0) is 11.2 Å². The molecule has 2 rings (SSSR count). The predicted octanol–water partition coefficient (Wildman–Crippen LogP) is 1.88. The smallest absolute Gasteiger partial charge is 0.251 e. The third-order valence-corrected chi connectivity index (χ3v) is 3.41. The van der Waals surface area contributed by atoms with E-state index in [-0.39, 0.29) is 27.7 Å². The molecule has 0 aliphatic heterocycles. The normalized spacial score (nSPS) is 10.8. The van der Waals surface area contributed by atoms with Gasteiger partial charge in [-0.15, -0.1) is 0 Å². The number of amides is 1. The number of hydrogen-bond acceptors (Lipinski definition) is 6. The minimum Gasteiger partial charge on any atom is -0.503 e. The van der Waals surface area contributed by atoms with Crippen molar-refractivity contribution in [2.24, 2.45) is 5.10 Å². The van der Waals surface area contributed by atoms with E-state index in [0.29, 0.717) is 17.9 Å². The van der Waals surface area contributed by atoms with Gasteiger partial charge >= 0.3 is 0 Å². The Morgan fingerprint density at radius 3 is 2.88 bits per heavy atom. The van der Waals surface area contributed by atoms with Gasteiger partial charge in [-0.3, -0.25) is 14.6 Å². The van der Waals surface area contributed by atoms with Gasteiger partial charge in [0.25, 0.3) is 5.56 Å². The highest BCUT2D eigenvalue weighted by atomic mass is 35.5. The fourth-order valence-corrected chi connectivity index (χ4v) is 2.39. The number of hydrazone groups is 1. The van der Waals surface area contributed by atoms with E-state index in [1.165, 1.54) is 24.4 Å². The fraction of sp³-hybridized carbons (Fsp3) is 0.200. The van der Waals surface area contributed by atoms with Crippen LogP contribution in [0.5, 0.6) is 11.5 Å². The molecule has 10 heteroatoms. The number of phenolic OH excluding ortho intramolecular Hbond substituents is 1. The number of carbonyl (C=O) groups is 1. The highest BCUT2D eigenvalue weighted by Crippen LogP contribution is 2.34. The van der Waals surface area contributed by atoms with E-state index in [9.17, 15) is 14.7 Å². The standard InChI is InChI=1S/C15H15ClN4O4S/c1-2-24-11-4-8(3-10(16)14(11)23)7-17-20-13(22)6-9-5-12(21)19-15(25)18-9/h3-5,7,23H,2,6H2,1H3,(H,20,22)(H2,18,19,21,25)/b17-7+. The molecule has 1 amide bonds. The number of carbonyl (C=O) groups excluding carboxylic acids is 1. The number of H-pyrrole nitrogens is 2. The summed E-state index contributed by atoms with van der Waals surface area (Å²) in [5, 5.41) is 13.7. The summed E-state index contributed by atoms with van der Waals surface area (Å²) < 4.78 is 5.40. The maximum atomic E-state index is 11.8. The minimum atomic E-state index is -0.442. The molecule has 1 aromatic heterocycles. The van der Waals surface area contributed by atoms with Crippen LogP contribution in [0.1, 0.15) is 18.2 Å². The van der Waals surface area contributed by atoms with Crippen LogP contribution in [0.15, 0.2) is 28.1 Å². The van der Waals surface area contributed by atoms with E-state index >= 15 is 0 Å². The summed E-state index contributed by atoms with van der Waals surface area (Å²) in [6.07, 6.45) is 1.26. The number of hydrogen-bond donors (Lipinski definition) is 4. The molecule has 0 fully saturated rings. The molecule has 0 saturated heterocycles. The molecule has 4 N–H and O–H groups in total. The first-order valence-electron chi connectivity index (χ1n) is 7.18. The average molecular weight is 383 g/mol. The first kappa shape index (κ1) is 18.7. The molecule has 0 bridgehead atoms. The number of ether oxygens (including phenoxy) is 1. The number of rotatable bonds is 6. The Hall–Kier alpha value is -2.65. The van der Waals surface area contributed by atoms with Gasteiger partial charge in [0.15, 0.2) is 16.3 Å². The lowest BCUT2D eigenvalue weighted by molar-refractivity contribution is -0.120. The van der Waals surface area contributed by atoms with Crippen LogP contribution in [0, 0.1) is 4.77 Å². The largest absolute Gasteiger partial charge is 0.503 e. The van der Waals surface area contributed by atoms with Gasteiger partial charge in [-0.05, 0) is 36.8 Å². The molecule has 0 unspecified atom stereocenters. The summed E-state index contributed by atoms with van der Waals surface area (Å²) in [6, 6.07) is 4.25. The molecule has 0 saturated carbocycles. The Morgan fingerprint density at radius 1 is 1.44 bits per heavy atom. The van der Waals surface area contributed by atoms with Gasteiger partial charge in [-0.25, -0.2) is 5.43 Å². The zero-order valence-corrected chi connectivity index (χ0v) is 14.7. The quantitative estimate of drug-likeness (QED) is 0.345. The van der Waals surface area contributed by atoms with E-state index in [4.69, 9.17) is 28.6 Å². The number of phenols is 1. The molecule has 8 nitrogen and oxygen atoms in total. The van der Waals surface area contributed by atoms with Crippen molar-refractivity contribution in [2.45, 2.75) is 13.3 Å². The average Bonchev–Trinajstić information content (AvgIpc) is 2.51. The van der Waals surface area contributed by atoms with Gasteiger partial charge in [0.2, 0.25) is 5.91 Å². The van der Waals surface area contributed by atoms with E-state index in [1.54, 1.807) is 6.92 Å². The van der Waals surface area contributed by atoms with E-state index in [1.807, 2.05) is 0 Å². The molecule has 0 aliphatic rings. The highest BCUT2D eigenvalue weighted by Gasteiger charge is 2.09. The van der Waals surface area contributed by atoms with Crippen molar-refractivity contribution in [3.8, 4) is 11.5 Å². The molecular formula is C15H15ClN4O4S. The Kier molecular flexibility index (Phi) is 6.31. The van der Waals surface area contributed by atoms with Crippen molar-refractivity contribution < 1.29 is 14.6 Å². The summed E-state index contributed by atoms with van der Waals surface area (Å²) in [5.74, 6) is -0.379. The second kappa shape index (κ2) is 8.45. The number of halogens is 1. The fourth-order valence-electron chi connectivity index (χ4n) is 1.94. The Morgan fingerprint density at radius 2 is 2.20 bits per heavy atom. The van der Waals surface area contributed by atoms with Gasteiger partial charge in [0.1, 0.15) is 0 Å². The van der Waals surface area contributed by atoms with Gasteiger partial charge in [0.05, 0.1) is 24.3 Å². The summed E-state index contributed by atoms with van der Waals surface area (Å²) in [4.78, 5) is 28.2. The molecule has 0 aliphatic carbocycles. The monoisotopic (exact) mass is 382 g/mol. The summed E-state index contributed by atoms with van der Waals surface area (Å²) >= 11 is 10.7. The van der Waals surface area contributed by atoms with Crippen LogP contribution < -0.4 is 15.7 Å². The van der Waals surface area contributed by atoms with Crippen molar-refractivity contribution >= 4 is 35.9 Å². The summed E-state index contributed by atoms with van der Waals surface area (Å²) in [7, 11) is 0. The first-order chi connectivity index (χ1) is 11.9. The molecule has 1 heterocycles. The predicted molar refractivity (Wildman–Crippen MR) is 96.0 cm³/mol. The number of nitrogens with zero attached hydrogens (tertiary/aromatic N) is 1. The Labute approximate surface area is 152 Å². The molecule has 2 aromatic rings. The van der Waals surface area contributed by atoms with Crippen LogP contribution in [0.25, 0.3) is 0 Å². The third-order valence-electron chi connectivity index (χ3n) is 2.92. The van der Waals surface area contributed by atoms with Crippen LogP contribution in [0.2, 0.25) is 5.02 Å². The first-order valence-corrected chi connectivity index (χ1v) is 7.97. The molecule has 1 aromatic carbocycles. The van der Waals surface area contributed by atoms with Gasteiger partial charge in [0, 0.05) is 11.8 Å². The maximum Gasteiger partial charge on any atom is 0.251 e. The second-order valence-corrected chi connectivity index (χ2v) is 5.68. The summed E-state index contributed by atoms with van der Waals surface area (Å²) in [6.45, 7) is 2.13. The third kappa shape index (κ3) is 5.44. The Balaban J connectivity index is 2.04. The van der Waals surface area contributed by atoms with Gasteiger partial charge in [-0.2, -0.15) is 5.10 Å². The number of nitrogens with one attached hydrogen (secondary N) is 3. The SMILES string of the molecule is CCOc1cc(/C=N/NC(=O)Cc2cc(=O)[nH]c(=S)[nH]2)cc(Cl)c1O. The van der Waals surface area contributed by atoms with Crippen molar-refractivity contribution in [1.29, 1.82) is 0 Å². The second-order valence-electron chi connectivity index (χ2n) is 4.87. The maximum absolute atomic E-state index is 11.8. The molecule has 25 heavy (non-hydrogen) atoms. The van der Waals surface area contributed by atoms with Crippen LogP contribution in [0.3, 0.4) is 0 Å². The van der Waals surface area contributed by atoms with Gasteiger partial charge in [-0.1, -0.05) is 11.6 Å². The zero-order valence-electron chi connectivity index (χ0n) is 13.1. The van der Waals surface area contributed by atoms with E-state index in [2.05, 4.69) is 20.5 Å². The lowest BCUT2D eigenvalue weighted by atomic mass is 10.2. The van der Waals surface area contributed by atoms with E-state index in [0.717, 1.165) is 0 Å². The number of aromatic nitrogens is 2. The minimum absolute atomic E-state index is 0.0918. The number of benzene rings is 1. The van der Waals surface area contributed by atoms with Crippen molar-refractivity contribution in [1.82, 2.24) is 15.4 Å². The van der Waals surface area contributed by atoms with Crippen molar-refractivity contribution in [2.75, 3.05) is 6.61 Å². The highest BCUT2D eigenvalue weighted by molar-refractivity contribution is 7.71. The lowest BCUT2D eigenvalue weighted by Gasteiger charge is -2.08. The molecule has 0 atom stereocenters. The van der Waals surface area contributed by atoms with Crippen LogP contribution >= 0.6 is 23.8 Å². The van der Waals surface area contributed by atoms with E-state index < -0.39 is 11.5 Å². The van der Waals surface area contributed by atoms with Crippen molar-refractivity contribution in [3.05, 3.63) is 49.6 Å². The zero-order chi connectivity index (χ0) is 18.4. The van der Waals surface area contributed by atoms with Crippen molar-refractivity contribution in [3.63, 3.8) is 0 Å². The topological polar surface area (TPSA) is 120 Å². The molecule has 0 radical (unpaired) electrons. The molecule has 132 valence electrons. The summed E-state index contributed by atoms with van der Waals surface area (Å²) in [5.41, 5.74) is 2.83. The molecule has 0 spiro atoms. The van der Waals surface area contributed by atoms with Crippen LogP contribution in [0.4, 0.5) is 0 Å². The number of aromatic amines is 2. The van der Waals surface area contributed by atoms with Gasteiger partial charge < -0.3 is 14.8 Å². The lowest BCUT2D eigenvalue weighted by Crippen LogP contribution is -2.21. The molecular weight excluding hydrogens is 368 g/mol. The Bertz CT molecular complexity index is 894.